The lowest BCUT2D eigenvalue weighted by molar-refractivity contribution is -0.120. The zero-order valence-corrected chi connectivity index (χ0v) is 8.77. The van der Waals surface area contributed by atoms with Crippen molar-refractivity contribution in [1.82, 2.24) is 0 Å². The summed E-state index contributed by atoms with van der Waals surface area (Å²) in [5, 5.41) is 0.684. The van der Waals surface area contributed by atoms with Crippen LogP contribution in [0, 0.1) is 6.92 Å². The first kappa shape index (κ1) is 9.53. The fourth-order valence-electron chi connectivity index (χ4n) is 1.79. The molecule has 1 aliphatic carbocycles. The zero-order valence-electron chi connectivity index (χ0n) is 8.01. The number of benzene rings is 1. The molecule has 74 valence electrons. The van der Waals surface area contributed by atoms with Crippen LogP contribution in [-0.2, 0) is 10.2 Å². The molecule has 3 heteroatoms. The summed E-state index contributed by atoms with van der Waals surface area (Å²) in [6.45, 7) is 1.93. The molecule has 1 amide bonds. The summed E-state index contributed by atoms with van der Waals surface area (Å²) in [5.74, 6) is -0.259. The number of nitrogens with two attached hydrogens (primary N) is 1. The van der Waals surface area contributed by atoms with E-state index in [9.17, 15) is 4.79 Å². The molecule has 0 radical (unpaired) electrons. The molecule has 2 nitrogen and oxygen atoms in total. The Morgan fingerprint density at radius 1 is 1.50 bits per heavy atom. The molecule has 0 spiro atoms. The Morgan fingerprint density at radius 3 is 2.64 bits per heavy atom. The summed E-state index contributed by atoms with van der Waals surface area (Å²) in [5.41, 5.74) is 6.81. The number of carbonyl (C=O) groups excluding carboxylic acids is 1. The standard InChI is InChI=1S/C11H12ClNO/c1-7-3-2-4-8(9(7)12)11(5-6-11)10(13)14/h2-4H,5-6H2,1H3,(H2,13,14). The van der Waals surface area contributed by atoms with E-state index in [1.807, 2.05) is 25.1 Å². The Hall–Kier alpha value is -1.02. The predicted octanol–water partition coefficient (Wildman–Crippen LogP) is 2.17. The van der Waals surface area contributed by atoms with Crippen LogP contribution in [0.3, 0.4) is 0 Å². The maximum absolute atomic E-state index is 11.3. The molecular formula is C11H12ClNO. The van der Waals surface area contributed by atoms with Gasteiger partial charge in [-0.1, -0.05) is 29.8 Å². The van der Waals surface area contributed by atoms with Crippen molar-refractivity contribution in [3.63, 3.8) is 0 Å². The van der Waals surface area contributed by atoms with Crippen LogP contribution in [0.5, 0.6) is 0 Å². The number of primary amides is 1. The molecule has 1 aliphatic rings. The third-order valence-electron chi connectivity index (χ3n) is 2.93. The van der Waals surface area contributed by atoms with Crippen molar-refractivity contribution in [3.8, 4) is 0 Å². The highest BCUT2D eigenvalue weighted by Crippen LogP contribution is 2.50. The van der Waals surface area contributed by atoms with Gasteiger partial charge in [-0.25, -0.2) is 0 Å². The fourth-order valence-corrected chi connectivity index (χ4v) is 2.10. The Kier molecular flexibility index (Phi) is 2.04. The molecule has 0 aromatic heterocycles. The van der Waals surface area contributed by atoms with Crippen LogP contribution >= 0.6 is 11.6 Å². The van der Waals surface area contributed by atoms with Gasteiger partial charge in [-0.15, -0.1) is 0 Å². The summed E-state index contributed by atoms with van der Waals surface area (Å²) in [6.07, 6.45) is 1.65. The van der Waals surface area contributed by atoms with E-state index >= 15 is 0 Å². The molecule has 1 aromatic carbocycles. The lowest BCUT2D eigenvalue weighted by Crippen LogP contribution is -2.28. The van der Waals surface area contributed by atoms with Crippen molar-refractivity contribution in [2.45, 2.75) is 25.2 Å². The minimum Gasteiger partial charge on any atom is -0.369 e. The van der Waals surface area contributed by atoms with E-state index in [0.29, 0.717) is 5.02 Å². The molecule has 0 aliphatic heterocycles. The second-order valence-corrected chi connectivity index (χ2v) is 4.26. The van der Waals surface area contributed by atoms with Gasteiger partial charge in [-0.3, -0.25) is 4.79 Å². The number of aryl methyl sites for hydroxylation is 1. The minimum absolute atomic E-state index is 0.259. The third kappa shape index (κ3) is 1.22. The third-order valence-corrected chi connectivity index (χ3v) is 3.43. The van der Waals surface area contributed by atoms with Crippen LogP contribution in [-0.4, -0.2) is 5.91 Å². The SMILES string of the molecule is Cc1cccc(C2(C(N)=O)CC2)c1Cl. The largest absolute Gasteiger partial charge is 0.369 e. The Morgan fingerprint density at radius 2 is 2.14 bits per heavy atom. The molecule has 1 fully saturated rings. The number of rotatable bonds is 2. The fraction of sp³-hybridized carbons (Fsp3) is 0.364. The van der Waals surface area contributed by atoms with Crippen molar-refractivity contribution in [2.75, 3.05) is 0 Å². The van der Waals surface area contributed by atoms with E-state index in [1.165, 1.54) is 0 Å². The maximum Gasteiger partial charge on any atom is 0.228 e. The molecule has 0 unspecified atom stereocenters. The highest BCUT2D eigenvalue weighted by atomic mass is 35.5. The zero-order chi connectivity index (χ0) is 10.3. The molecule has 2 rings (SSSR count). The van der Waals surface area contributed by atoms with E-state index in [0.717, 1.165) is 24.0 Å². The van der Waals surface area contributed by atoms with Gasteiger partial charge in [0, 0.05) is 5.02 Å². The highest BCUT2D eigenvalue weighted by Gasteiger charge is 2.51. The average Bonchev–Trinajstić information content (AvgIpc) is 2.90. The van der Waals surface area contributed by atoms with Crippen LogP contribution in [0.4, 0.5) is 0 Å². The van der Waals surface area contributed by atoms with Gasteiger partial charge in [-0.05, 0) is 30.9 Å². The molecule has 2 N–H and O–H groups in total. The molecule has 0 atom stereocenters. The summed E-state index contributed by atoms with van der Waals surface area (Å²) in [6, 6.07) is 5.75. The van der Waals surface area contributed by atoms with Crippen molar-refractivity contribution in [2.24, 2.45) is 5.73 Å². The van der Waals surface area contributed by atoms with E-state index in [-0.39, 0.29) is 5.91 Å². The minimum atomic E-state index is -0.469. The summed E-state index contributed by atoms with van der Waals surface area (Å²) < 4.78 is 0. The lowest BCUT2D eigenvalue weighted by Gasteiger charge is -2.14. The molecule has 1 saturated carbocycles. The van der Waals surface area contributed by atoms with Gasteiger partial charge in [0.15, 0.2) is 0 Å². The first-order valence-electron chi connectivity index (χ1n) is 4.63. The van der Waals surface area contributed by atoms with Crippen LogP contribution in [0.25, 0.3) is 0 Å². The summed E-state index contributed by atoms with van der Waals surface area (Å²) in [4.78, 5) is 11.3. The molecule has 1 aromatic rings. The van der Waals surface area contributed by atoms with Gasteiger partial charge < -0.3 is 5.73 Å². The van der Waals surface area contributed by atoms with Gasteiger partial charge in [0.05, 0.1) is 5.41 Å². The van der Waals surface area contributed by atoms with E-state index in [2.05, 4.69) is 0 Å². The number of amides is 1. The summed E-state index contributed by atoms with van der Waals surface area (Å²) in [7, 11) is 0. The smallest absolute Gasteiger partial charge is 0.228 e. The van der Waals surface area contributed by atoms with Crippen molar-refractivity contribution < 1.29 is 4.79 Å². The number of hydrogen-bond donors (Lipinski definition) is 1. The number of halogens is 1. The highest BCUT2D eigenvalue weighted by molar-refractivity contribution is 6.32. The second-order valence-electron chi connectivity index (χ2n) is 3.88. The quantitative estimate of drug-likeness (QED) is 0.797. The van der Waals surface area contributed by atoms with Crippen molar-refractivity contribution in [3.05, 3.63) is 34.3 Å². The van der Waals surface area contributed by atoms with Crippen LogP contribution in [0.2, 0.25) is 5.02 Å². The first-order valence-corrected chi connectivity index (χ1v) is 5.01. The van der Waals surface area contributed by atoms with Gasteiger partial charge >= 0.3 is 0 Å². The van der Waals surface area contributed by atoms with E-state index < -0.39 is 5.41 Å². The first-order chi connectivity index (χ1) is 6.58. The van der Waals surface area contributed by atoms with E-state index in [4.69, 9.17) is 17.3 Å². The molecule has 14 heavy (non-hydrogen) atoms. The van der Waals surface area contributed by atoms with Gasteiger partial charge in [0.25, 0.3) is 0 Å². The predicted molar refractivity (Wildman–Crippen MR) is 56.3 cm³/mol. The number of hydrogen-bond acceptors (Lipinski definition) is 1. The topological polar surface area (TPSA) is 43.1 Å². The number of carbonyl (C=O) groups is 1. The Bertz CT molecular complexity index is 396. The van der Waals surface area contributed by atoms with Crippen LogP contribution < -0.4 is 5.73 Å². The molecule has 0 bridgehead atoms. The lowest BCUT2D eigenvalue weighted by atomic mass is 9.94. The van der Waals surface area contributed by atoms with Crippen LogP contribution in [0.1, 0.15) is 24.0 Å². The summed E-state index contributed by atoms with van der Waals surface area (Å²) >= 11 is 6.15. The van der Waals surface area contributed by atoms with Gasteiger partial charge in [0.1, 0.15) is 0 Å². The molecule has 0 saturated heterocycles. The van der Waals surface area contributed by atoms with E-state index in [1.54, 1.807) is 0 Å². The maximum atomic E-state index is 11.3. The monoisotopic (exact) mass is 209 g/mol. The van der Waals surface area contributed by atoms with Gasteiger partial charge in [0.2, 0.25) is 5.91 Å². The Labute approximate surface area is 88.1 Å². The normalized spacial score (nSPS) is 17.9. The molecular weight excluding hydrogens is 198 g/mol. The Balaban J connectivity index is 2.52. The van der Waals surface area contributed by atoms with Gasteiger partial charge in [-0.2, -0.15) is 0 Å². The second kappa shape index (κ2) is 2.99. The average molecular weight is 210 g/mol. The molecule has 0 heterocycles. The van der Waals surface area contributed by atoms with Crippen molar-refractivity contribution in [1.29, 1.82) is 0 Å². The van der Waals surface area contributed by atoms with Crippen LogP contribution in [0.15, 0.2) is 18.2 Å². The van der Waals surface area contributed by atoms with Crippen molar-refractivity contribution >= 4 is 17.5 Å².